The number of anilines is 2. The Kier molecular flexibility index (Phi) is 4.16. The molecule has 1 fully saturated rings. The molecule has 2 N–H and O–H groups in total. The monoisotopic (exact) mass is 288 g/mol. The van der Waals surface area contributed by atoms with Crippen molar-refractivity contribution in [1.82, 2.24) is 9.97 Å². The summed E-state index contributed by atoms with van der Waals surface area (Å²) in [6, 6.07) is 6.22. The van der Waals surface area contributed by atoms with Crippen LogP contribution in [0.3, 0.4) is 0 Å². The zero-order valence-corrected chi connectivity index (χ0v) is 12.5. The van der Waals surface area contributed by atoms with E-state index in [9.17, 15) is 0 Å². The Hall–Kier alpha value is -1.62. The van der Waals surface area contributed by atoms with Crippen LogP contribution in [0.1, 0.15) is 42.8 Å². The number of hydrogen-bond acceptors (Lipinski definition) is 5. The smallest absolute Gasteiger partial charge is 0.136 e. The average molecular weight is 288 g/mol. The molecule has 0 saturated heterocycles. The molecule has 0 amide bonds. The lowest BCUT2D eigenvalue weighted by molar-refractivity contribution is 0.905. The molecular weight excluding hydrogens is 268 g/mol. The van der Waals surface area contributed by atoms with Crippen LogP contribution in [0.2, 0.25) is 0 Å². The van der Waals surface area contributed by atoms with E-state index in [-0.39, 0.29) is 0 Å². The SMILES string of the molecule is CCCNc1cc(NCc2cccs2)nc(C2CC2)n1. The Bertz CT molecular complexity index is 549. The molecule has 0 bridgehead atoms. The predicted octanol–water partition coefficient (Wildman–Crippen LogP) is 3.85. The topological polar surface area (TPSA) is 49.8 Å². The Labute approximate surface area is 123 Å². The lowest BCUT2D eigenvalue weighted by atomic mass is 10.3. The second-order valence-electron chi connectivity index (χ2n) is 5.13. The molecule has 0 aromatic carbocycles. The Morgan fingerprint density at radius 3 is 2.70 bits per heavy atom. The van der Waals surface area contributed by atoms with Gasteiger partial charge in [0.05, 0.1) is 6.54 Å². The Morgan fingerprint density at radius 2 is 2.05 bits per heavy atom. The van der Waals surface area contributed by atoms with Gasteiger partial charge in [0.1, 0.15) is 17.5 Å². The van der Waals surface area contributed by atoms with E-state index in [1.165, 1.54) is 17.7 Å². The van der Waals surface area contributed by atoms with E-state index in [1.807, 2.05) is 6.07 Å². The third kappa shape index (κ3) is 3.48. The molecule has 1 aliphatic carbocycles. The summed E-state index contributed by atoms with van der Waals surface area (Å²) in [4.78, 5) is 10.6. The number of nitrogens with one attached hydrogen (secondary N) is 2. The van der Waals surface area contributed by atoms with Gasteiger partial charge < -0.3 is 10.6 Å². The minimum atomic E-state index is 0.570. The predicted molar refractivity (Wildman–Crippen MR) is 84.4 cm³/mol. The molecule has 0 radical (unpaired) electrons. The standard InChI is InChI=1S/C15H20N4S/c1-2-7-16-13-9-14(17-10-12-4-3-8-20-12)19-15(18-13)11-5-6-11/h3-4,8-9,11H,2,5-7,10H2,1H3,(H2,16,17,18,19). The molecular formula is C15H20N4S. The van der Waals surface area contributed by atoms with Crippen LogP contribution in [0.5, 0.6) is 0 Å². The van der Waals surface area contributed by atoms with E-state index in [1.54, 1.807) is 11.3 Å². The molecule has 1 saturated carbocycles. The molecule has 106 valence electrons. The van der Waals surface area contributed by atoms with Crippen molar-refractivity contribution in [1.29, 1.82) is 0 Å². The highest BCUT2D eigenvalue weighted by Gasteiger charge is 2.27. The fourth-order valence-electron chi connectivity index (χ4n) is 2.02. The number of nitrogens with zero attached hydrogens (tertiary/aromatic N) is 2. The normalized spacial score (nSPS) is 14.2. The van der Waals surface area contributed by atoms with E-state index in [4.69, 9.17) is 0 Å². The summed E-state index contributed by atoms with van der Waals surface area (Å²) in [6.45, 7) is 3.93. The fraction of sp³-hybridized carbons (Fsp3) is 0.467. The number of thiophene rings is 1. The van der Waals surface area contributed by atoms with Gasteiger partial charge in [0, 0.05) is 23.4 Å². The zero-order valence-electron chi connectivity index (χ0n) is 11.7. The minimum Gasteiger partial charge on any atom is -0.370 e. The van der Waals surface area contributed by atoms with Gasteiger partial charge in [-0.05, 0) is 30.7 Å². The van der Waals surface area contributed by atoms with Crippen molar-refractivity contribution in [2.75, 3.05) is 17.2 Å². The van der Waals surface area contributed by atoms with Gasteiger partial charge in [-0.15, -0.1) is 11.3 Å². The molecule has 2 heterocycles. The summed E-state index contributed by atoms with van der Waals surface area (Å²) < 4.78 is 0. The number of rotatable bonds is 7. The lowest BCUT2D eigenvalue weighted by Gasteiger charge is -2.10. The molecule has 0 spiro atoms. The van der Waals surface area contributed by atoms with Crippen molar-refractivity contribution in [2.45, 2.75) is 38.6 Å². The first kappa shape index (κ1) is 13.4. The quantitative estimate of drug-likeness (QED) is 0.812. The molecule has 2 aromatic heterocycles. The van der Waals surface area contributed by atoms with Gasteiger partial charge in [-0.2, -0.15) is 0 Å². The van der Waals surface area contributed by atoms with Crippen LogP contribution >= 0.6 is 11.3 Å². The van der Waals surface area contributed by atoms with Crippen molar-refractivity contribution in [3.8, 4) is 0 Å². The first-order valence-electron chi connectivity index (χ1n) is 7.24. The minimum absolute atomic E-state index is 0.570. The van der Waals surface area contributed by atoms with Crippen molar-refractivity contribution < 1.29 is 0 Å². The molecule has 4 nitrogen and oxygen atoms in total. The molecule has 5 heteroatoms. The van der Waals surface area contributed by atoms with Crippen LogP contribution in [0, 0.1) is 0 Å². The maximum atomic E-state index is 4.65. The number of aromatic nitrogens is 2. The van der Waals surface area contributed by atoms with Gasteiger partial charge in [0.15, 0.2) is 0 Å². The Morgan fingerprint density at radius 1 is 1.25 bits per heavy atom. The van der Waals surface area contributed by atoms with E-state index < -0.39 is 0 Å². The Balaban J connectivity index is 1.72. The van der Waals surface area contributed by atoms with Crippen molar-refractivity contribution in [3.63, 3.8) is 0 Å². The highest BCUT2D eigenvalue weighted by Crippen LogP contribution is 2.38. The molecule has 0 aliphatic heterocycles. The van der Waals surface area contributed by atoms with Crippen LogP contribution in [0.25, 0.3) is 0 Å². The van der Waals surface area contributed by atoms with Gasteiger partial charge in [0.2, 0.25) is 0 Å². The number of hydrogen-bond donors (Lipinski definition) is 2. The molecule has 1 aliphatic rings. The highest BCUT2D eigenvalue weighted by molar-refractivity contribution is 7.09. The molecule has 0 unspecified atom stereocenters. The first-order valence-corrected chi connectivity index (χ1v) is 8.12. The van der Waals surface area contributed by atoms with E-state index in [0.717, 1.165) is 37.0 Å². The maximum absolute atomic E-state index is 4.65. The summed E-state index contributed by atoms with van der Waals surface area (Å²) in [5.74, 6) is 3.42. The summed E-state index contributed by atoms with van der Waals surface area (Å²) in [5.41, 5.74) is 0. The second kappa shape index (κ2) is 6.22. The summed E-state index contributed by atoms with van der Waals surface area (Å²) in [5, 5.41) is 8.87. The third-order valence-corrected chi connectivity index (χ3v) is 4.14. The van der Waals surface area contributed by atoms with Crippen LogP contribution < -0.4 is 10.6 Å². The zero-order chi connectivity index (χ0) is 13.8. The largest absolute Gasteiger partial charge is 0.370 e. The van der Waals surface area contributed by atoms with E-state index >= 15 is 0 Å². The van der Waals surface area contributed by atoms with Crippen molar-refractivity contribution in [3.05, 3.63) is 34.3 Å². The summed E-state index contributed by atoms with van der Waals surface area (Å²) in [7, 11) is 0. The van der Waals surface area contributed by atoms with E-state index in [0.29, 0.717) is 5.92 Å². The average Bonchev–Trinajstić information content (AvgIpc) is 3.20. The molecule has 3 rings (SSSR count). The van der Waals surface area contributed by atoms with Crippen LogP contribution in [-0.2, 0) is 6.54 Å². The molecule has 20 heavy (non-hydrogen) atoms. The van der Waals surface area contributed by atoms with Crippen LogP contribution in [0.4, 0.5) is 11.6 Å². The van der Waals surface area contributed by atoms with Gasteiger partial charge in [-0.25, -0.2) is 9.97 Å². The van der Waals surface area contributed by atoms with Crippen LogP contribution in [0.15, 0.2) is 23.6 Å². The fourth-order valence-corrected chi connectivity index (χ4v) is 2.66. The molecule has 2 aromatic rings. The lowest BCUT2D eigenvalue weighted by Crippen LogP contribution is -2.08. The van der Waals surface area contributed by atoms with Gasteiger partial charge in [-0.3, -0.25) is 0 Å². The second-order valence-corrected chi connectivity index (χ2v) is 6.16. The highest BCUT2D eigenvalue weighted by atomic mass is 32.1. The maximum Gasteiger partial charge on any atom is 0.136 e. The summed E-state index contributed by atoms with van der Waals surface area (Å²) in [6.07, 6.45) is 3.55. The summed E-state index contributed by atoms with van der Waals surface area (Å²) >= 11 is 1.76. The van der Waals surface area contributed by atoms with E-state index in [2.05, 4.69) is 45.0 Å². The van der Waals surface area contributed by atoms with Crippen molar-refractivity contribution in [2.24, 2.45) is 0 Å². The van der Waals surface area contributed by atoms with Gasteiger partial charge >= 0.3 is 0 Å². The van der Waals surface area contributed by atoms with Gasteiger partial charge in [0.25, 0.3) is 0 Å². The molecule has 0 atom stereocenters. The third-order valence-electron chi connectivity index (χ3n) is 3.27. The first-order chi connectivity index (χ1) is 9.85. The van der Waals surface area contributed by atoms with Gasteiger partial charge in [-0.1, -0.05) is 13.0 Å². The van der Waals surface area contributed by atoms with Crippen LogP contribution in [-0.4, -0.2) is 16.5 Å². The van der Waals surface area contributed by atoms with Crippen molar-refractivity contribution >= 4 is 23.0 Å².